The highest BCUT2D eigenvalue weighted by molar-refractivity contribution is 7.18. The second kappa shape index (κ2) is 9.39. The number of β-amino-alcohol motifs (C(OH)–C–C–N with tert-alkyl or cyclic N) is 1. The first-order chi connectivity index (χ1) is 14.5. The Bertz CT molecular complexity index is 970. The molecule has 1 aromatic heterocycles. The van der Waals surface area contributed by atoms with Crippen LogP contribution in [0.2, 0.25) is 0 Å². The first-order valence-electron chi connectivity index (χ1n) is 10.2. The van der Waals surface area contributed by atoms with E-state index in [4.69, 9.17) is 4.74 Å². The quantitative estimate of drug-likeness (QED) is 0.616. The summed E-state index contributed by atoms with van der Waals surface area (Å²) in [5.74, 6) is 0.522. The largest absolute Gasteiger partial charge is 0.491 e. The average Bonchev–Trinajstić information content (AvgIpc) is 3.12. The van der Waals surface area contributed by atoms with E-state index in [1.165, 1.54) is 12.1 Å². The van der Waals surface area contributed by atoms with Gasteiger partial charge in [0, 0.05) is 44.8 Å². The Kier molecular flexibility index (Phi) is 6.63. The van der Waals surface area contributed by atoms with Crippen molar-refractivity contribution >= 4 is 21.6 Å². The van der Waals surface area contributed by atoms with Gasteiger partial charge in [0.1, 0.15) is 24.3 Å². The molecular formula is C23H27FN3O2S. The third-order valence-electron chi connectivity index (χ3n) is 5.48. The molecule has 5 nitrogen and oxygen atoms in total. The van der Waals surface area contributed by atoms with Crippen LogP contribution >= 0.6 is 11.3 Å². The van der Waals surface area contributed by atoms with E-state index in [0.717, 1.165) is 46.2 Å². The Labute approximate surface area is 180 Å². The second-order valence-corrected chi connectivity index (χ2v) is 8.97. The Hall–Kier alpha value is -2.06. The van der Waals surface area contributed by atoms with Crippen LogP contribution < -0.4 is 4.74 Å². The molecule has 2 atom stereocenters. The van der Waals surface area contributed by atoms with Crippen LogP contribution in [-0.2, 0) is 0 Å². The fraction of sp³-hybridized carbons (Fsp3) is 0.391. The number of rotatable bonds is 7. The number of fused-ring (bicyclic) bond motifs is 1. The lowest BCUT2D eigenvalue weighted by molar-refractivity contribution is 0.0509. The Balaban J connectivity index is 1.22. The number of hydrogen-bond donors (Lipinski definition) is 1. The highest BCUT2D eigenvalue weighted by Gasteiger charge is 2.24. The average molecular weight is 429 g/mol. The van der Waals surface area contributed by atoms with Gasteiger partial charge in [-0.3, -0.25) is 9.80 Å². The van der Waals surface area contributed by atoms with Crippen molar-refractivity contribution in [1.82, 2.24) is 14.8 Å². The first kappa shape index (κ1) is 21.2. The van der Waals surface area contributed by atoms with Gasteiger partial charge in [0.05, 0.1) is 15.2 Å². The van der Waals surface area contributed by atoms with Crippen LogP contribution in [0.1, 0.15) is 23.5 Å². The van der Waals surface area contributed by atoms with Gasteiger partial charge < -0.3 is 9.84 Å². The number of halogens is 1. The number of thiazole rings is 1. The number of aliphatic hydroxyl groups excluding tert-OH is 1. The third-order valence-corrected chi connectivity index (χ3v) is 6.43. The van der Waals surface area contributed by atoms with Crippen LogP contribution in [-0.4, -0.2) is 58.8 Å². The van der Waals surface area contributed by atoms with Crippen molar-refractivity contribution in [1.29, 1.82) is 0 Å². The second-order valence-electron chi connectivity index (χ2n) is 7.73. The zero-order valence-electron chi connectivity index (χ0n) is 17.3. The number of aryl methyl sites for hydroxylation is 1. The summed E-state index contributed by atoms with van der Waals surface area (Å²) in [5, 5.41) is 11.4. The molecule has 1 fully saturated rings. The molecule has 0 amide bonds. The van der Waals surface area contributed by atoms with E-state index >= 15 is 0 Å². The summed E-state index contributed by atoms with van der Waals surface area (Å²) >= 11 is 1.66. The molecule has 1 aliphatic heterocycles. The number of aliphatic hydroxyl groups is 1. The van der Waals surface area contributed by atoms with Gasteiger partial charge in [-0.25, -0.2) is 9.37 Å². The summed E-state index contributed by atoms with van der Waals surface area (Å²) in [6.07, 6.45) is -0.563. The van der Waals surface area contributed by atoms with E-state index in [1.807, 2.05) is 37.3 Å². The molecule has 0 bridgehead atoms. The van der Waals surface area contributed by atoms with Crippen molar-refractivity contribution in [2.45, 2.75) is 26.0 Å². The Morgan fingerprint density at radius 1 is 1.20 bits per heavy atom. The van der Waals surface area contributed by atoms with Crippen LogP contribution in [0.25, 0.3) is 10.2 Å². The van der Waals surface area contributed by atoms with Crippen LogP contribution in [0.3, 0.4) is 0 Å². The zero-order chi connectivity index (χ0) is 21.1. The van der Waals surface area contributed by atoms with Gasteiger partial charge in [-0.2, -0.15) is 0 Å². The van der Waals surface area contributed by atoms with Gasteiger partial charge >= 0.3 is 0 Å². The summed E-state index contributed by atoms with van der Waals surface area (Å²) in [7, 11) is 0. The topological polar surface area (TPSA) is 48.8 Å². The maximum absolute atomic E-state index is 13.1. The molecule has 0 spiro atoms. The number of hydrogen-bond acceptors (Lipinski definition) is 6. The zero-order valence-corrected chi connectivity index (χ0v) is 18.1. The molecule has 2 heterocycles. The smallest absolute Gasteiger partial charge is 0.123 e. The summed E-state index contributed by atoms with van der Waals surface area (Å²) in [5.41, 5.74) is 2.03. The van der Waals surface area contributed by atoms with Crippen LogP contribution in [0.4, 0.5) is 4.39 Å². The van der Waals surface area contributed by atoms with Crippen LogP contribution in [0, 0.1) is 19.3 Å². The molecule has 1 radical (unpaired) electrons. The summed E-state index contributed by atoms with van der Waals surface area (Å²) in [6, 6.07) is 12.8. The monoisotopic (exact) mass is 428 g/mol. The SMILES string of the molecule is Cc1nc2cc(OC[C@H](O)CN3C[CH]N([C@H](C)c4ccc(F)cc4)CC3)ccc2s1. The minimum absolute atomic E-state index is 0.199. The number of piperazine rings is 1. The molecule has 7 heteroatoms. The van der Waals surface area contributed by atoms with E-state index in [1.54, 1.807) is 11.3 Å². The summed E-state index contributed by atoms with van der Waals surface area (Å²) in [4.78, 5) is 8.97. The normalized spacial score (nSPS) is 17.9. The minimum atomic E-state index is -0.563. The molecule has 0 saturated carbocycles. The van der Waals surface area contributed by atoms with E-state index in [2.05, 4.69) is 28.3 Å². The van der Waals surface area contributed by atoms with E-state index in [0.29, 0.717) is 6.54 Å². The number of aromatic nitrogens is 1. The third kappa shape index (κ3) is 5.16. The minimum Gasteiger partial charge on any atom is -0.491 e. The van der Waals surface area contributed by atoms with Gasteiger partial charge in [-0.1, -0.05) is 12.1 Å². The molecular weight excluding hydrogens is 401 g/mol. The lowest BCUT2D eigenvalue weighted by atomic mass is 10.1. The van der Waals surface area contributed by atoms with Crippen molar-refractivity contribution < 1.29 is 14.2 Å². The van der Waals surface area contributed by atoms with Gasteiger partial charge in [0.15, 0.2) is 0 Å². The van der Waals surface area contributed by atoms with Gasteiger partial charge in [-0.05, 0) is 43.7 Å². The maximum Gasteiger partial charge on any atom is 0.123 e. The van der Waals surface area contributed by atoms with Gasteiger partial charge in [-0.15, -0.1) is 11.3 Å². The van der Waals surface area contributed by atoms with E-state index in [9.17, 15) is 9.50 Å². The van der Waals surface area contributed by atoms with Crippen molar-refractivity contribution in [2.75, 3.05) is 32.8 Å². The van der Waals surface area contributed by atoms with Crippen molar-refractivity contribution in [3.63, 3.8) is 0 Å². The van der Waals surface area contributed by atoms with Gasteiger partial charge in [0.25, 0.3) is 0 Å². The lowest BCUT2D eigenvalue weighted by Gasteiger charge is -2.38. The highest BCUT2D eigenvalue weighted by Crippen LogP contribution is 2.26. The predicted octanol–water partition coefficient (Wildman–Crippen LogP) is 4.02. The first-order valence-corrected chi connectivity index (χ1v) is 11.0. The van der Waals surface area contributed by atoms with Gasteiger partial charge in [0.2, 0.25) is 0 Å². The summed E-state index contributed by atoms with van der Waals surface area (Å²) < 4.78 is 20.1. The molecule has 0 unspecified atom stereocenters. The fourth-order valence-corrected chi connectivity index (χ4v) is 4.57. The molecule has 30 heavy (non-hydrogen) atoms. The predicted molar refractivity (Wildman–Crippen MR) is 118 cm³/mol. The number of nitrogens with zero attached hydrogens (tertiary/aromatic N) is 3. The highest BCUT2D eigenvalue weighted by atomic mass is 32.1. The van der Waals surface area contributed by atoms with Crippen molar-refractivity contribution in [3.05, 3.63) is 65.4 Å². The molecule has 1 N–H and O–H groups in total. The Morgan fingerprint density at radius 2 is 2.00 bits per heavy atom. The number of ether oxygens (including phenoxy) is 1. The van der Waals surface area contributed by atoms with E-state index < -0.39 is 6.10 Å². The standard InChI is InChI=1S/C23H27FN3O2S/c1-16(18-3-5-19(24)6-4-18)27-11-9-26(10-12-27)14-20(28)15-29-21-7-8-23-22(13-21)25-17(2)30-23/h3-8,11,13,16,20,28H,9-10,12,14-15H2,1-2H3/t16-,20-/m1/s1. The van der Waals surface area contributed by atoms with Crippen LogP contribution in [0.15, 0.2) is 42.5 Å². The van der Waals surface area contributed by atoms with Crippen LogP contribution in [0.5, 0.6) is 5.75 Å². The molecule has 1 aliphatic rings. The Morgan fingerprint density at radius 3 is 2.73 bits per heavy atom. The molecule has 159 valence electrons. The molecule has 3 aromatic rings. The maximum atomic E-state index is 13.1. The van der Waals surface area contributed by atoms with Crippen molar-refractivity contribution in [3.8, 4) is 5.75 Å². The lowest BCUT2D eigenvalue weighted by Crippen LogP contribution is -2.47. The molecule has 0 aliphatic carbocycles. The summed E-state index contributed by atoms with van der Waals surface area (Å²) in [6.45, 7) is 9.59. The fourth-order valence-electron chi connectivity index (χ4n) is 3.77. The molecule has 2 aromatic carbocycles. The van der Waals surface area contributed by atoms with E-state index in [-0.39, 0.29) is 18.5 Å². The number of benzene rings is 2. The molecule has 4 rings (SSSR count). The molecule has 1 saturated heterocycles. The van der Waals surface area contributed by atoms with Crippen molar-refractivity contribution in [2.24, 2.45) is 0 Å².